The minimum absolute atomic E-state index is 0.327. The highest BCUT2D eigenvalue weighted by atomic mass is 16.1. The Morgan fingerprint density at radius 3 is 2.64 bits per heavy atom. The fourth-order valence-corrected chi connectivity index (χ4v) is 2.76. The molecule has 0 aromatic carbocycles. The van der Waals surface area contributed by atoms with Gasteiger partial charge in [-0.15, -0.1) is 0 Å². The Hall–Kier alpha value is -0.305. The van der Waals surface area contributed by atoms with E-state index in [0.29, 0.717) is 23.6 Å². The maximum atomic E-state index is 11.4. The first kappa shape index (κ1) is 11.8. The molecule has 3 heteroatoms. The van der Waals surface area contributed by atoms with Gasteiger partial charge in [0.05, 0.1) is 0 Å². The zero-order valence-corrected chi connectivity index (χ0v) is 9.68. The van der Waals surface area contributed by atoms with Crippen LogP contribution < -0.4 is 5.32 Å². The molecule has 1 N–H and O–H groups in total. The summed E-state index contributed by atoms with van der Waals surface area (Å²) in [4.78, 5) is 11.4. The maximum Gasteiger partial charge on any atom is 0.142 e. The molecular weight excluding hydrogens is 173 g/mol. The van der Waals surface area contributed by atoms with Gasteiger partial charge in [0, 0.05) is 5.92 Å². The highest BCUT2D eigenvalue weighted by Crippen LogP contribution is 2.29. The van der Waals surface area contributed by atoms with Gasteiger partial charge in [0.15, 0.2) is 0 Å². The van der Waals surface area contributed by atoms with Crippen molar-refractivity contribution in [2.45, 2.75) is 45.4 Å². The lowest BCUT2D eigenvalue weighted by Gasteiger charge is -2.31. The molecule has 1 fully saturated rings. The fraction of sp³-hybridized carbons (Fsp3) is 0.909. The van der Waals surface area contributed by atoms with E-state index in [2.05, 4.69) is 12.2 Å². The zero-order valence-electron chi connectivity index (χ0n) is 9.68. The molecule has 0 spiro atoms. The zero-order chi connectivity index (χ0) is 10.6. The van der Waals surface area contributed by atoms with Crippen LogP contribution in [0.25, 0.3) is 0 Å². The first-order chi connectivity index (χ1) is 6.69. The molecule has 2 nitrogen and oxygen atoms in total. The minimum Gasteiger partial charge on any atom is -0.324 e. The third kappa shape index (κ3) is 2.84. The Kier molecular flexibility index (Phi) is 4.66. The standard InChI is InChI=1S/C11H22BNO/c1-4-10(8(2)14)9-5-6-11(13-3)12-7-9/h9-13H,4-7H2,1-3H3. The van der Waals surface area contributed by atoms with Crippen molar-refractivity contribution in [3.63, 3.8) is 0 Å². The van der Waals surface area contributed by atoms with Crippen molar-refractivity contribution in [3.8, 4) is 0 Å². The first-order valence-electron chi connectivity index (χ1n) is 5.86. The van der Waals surface area contributed by atoms with Gasteiger partial charge in [0.1, 0.15) is 13.1 Å². The van der Waals surface area contributed by atoms with Crippen molar-refractivity contribution in [2.75, 3.05) is 7.05 Å². The fourth-order valence-electron chi connectivity index (χ4n) is 2.76. The van der Waals surface area contributed by atoms with Crippen molar-refractivity contribution in [1.29, 1.82) is 0 Å². The van der Waals surface area contributed by atoms with Gasteiger partial charge in [-0.25, -0.2) is 0 Å². The monoisotopic (exact) mass is 195 g/mol. The Morgan fingerprint density at radius 2 is 2.29 bits per heavy atom. The second-order valence-electron chi connectivity index (χ2n) is 4.53. The van der Waals surface area contributed by atoms with Crippen LogP contribution in [-0.4, -0.2) is 26.1 Å². The molecule has 80 valence electrons. The number of hydrogen-bond donors (Lipinski definition) is 1. The predicted octanol–water partition coefficient (Wildman–Crippen LogP) is 1.41. The summed E-state index contributed by atoms with van der Waals surface area (Å²) in [5.41, 5.74) is 0. The van der Waals surface area contributed by atoms with Crippen molar-refractivity contribution < 1.29 is 4.79 Å². The number of ketones is 1. The minimum atomic E-state index is 0.327. The van der Waals surface area contributed by atoms with Crippen molar-refractivity contribution in [3.05, 3.63) is 0 Å². The van der Waals surface area contributed by atoms with E-state index in [0.717, 1.165) is 6.42 Å². The largest absolute Gasteiger partial charge is 0.324 e. The van der Waals surface area contributed by atoms with Gasteiger partial charge in [-0.2, -0.15) is 0 Å². The summed E-state index contributed by atoms with van der Waals surface area (Å²) in [6.45, 7) is 3.88. The molecule has 3 atom stereocenters. The lowest BCUT2D eigenvalue weighted by molar-refractivity contribution is -0.122. The summed E-state index contributed by atoms with van der Waals surface area (Å²) >= 11 is 0. The summed E-state index contributed by atoms with van der Waals surface area (Å²) in [7, 11) is 3.28. The molecule has 0 saturated carbocycles. The second-order valence-corrected chi connectivity index (χ2v) is 4.53. The Labute approximate surface area is 88.1 Å². The molecule has 1 heterocycles. The van der Waals surface area contributed by atoms with Crippen LogP contribution in [0.3, 0.4) is 0 Å². The lowest BCUT2D eigenvalue weighted by Crippen LogP contribution is -2.39. The summed E-state index contributed by atoms with van der Waals surface area (Å²) in [5, 5.41) is 3.33. The van der Waals surface area contributed by atoms with E-state index in [-0.39, 0.29) is 0 Å². The van der Waals surface area contributed by atoms with E-state index in [1.807, 2.05) is 7.05 Å². The molecule has 0 bridgehead atoms. The van der Waals surface area contributed by atoms with Crippen LogP contribution in [0, 0.1) is 11.8 Å². The van der Waals surface area contributed by atoms with E-state index in [1.54, 1.807) is 6.92 Å². The van der Waals surface area contributed by atoms with Gasteiger partial charge in [0.25, 0.3) is 0 Å². The van der Waals surface area contributed by atoms with Gasteiger partial charge in [-0.1, -0.05) is 13.2 Å². The summed E-state index contributed by atoms with van der Waals surface area (Å²) < 4.78 is 0. The lowest BCUT2D eigenvalue weighted by atomic mass is 9.54. The normalized spacial score (nSPS) is 29.4. The molecule has 1 aliphatic heterocycles. The molecule has 1 rings (SSSR count). The Balaban J connectivity index is 2.43. The SMILES string of the molecule is CCC(C(C)=O)C1CBC(NC)CC1. The van der Waals surface area contributed by atoms with Crippen molar-refractivity contribution >= 4 is 13.1 Å². The van der Waals surface area contributed by atoms with Crippen LogP contribution in [-0.2, 0) is 4.79 Å². The van der Waals surface area contributed by atoms with E-state index in [4.69, 9.17) is 0 Å². The number of carbonyl (C=O) groups excluding carboxylic acids is 1. The van der Waals surface area contributed by atoms with Gasteiger partial charge < -0.3 is 5.32 Å². The quantitative estimate of drug-likeness (QED) is 0.687. The molecule has 0 amide bonds. The first-order valence-corrected chi connectivity index (χ1v) is 5.86. The third-order valence-corrected chi connectivity index (χ3v) is 3.71. The number of nitrogens with one attached hydrogen (secondary N) is 1. The molecule has 3 unspecified atom stereocenters. The van der Waals surface area contributed by atoms with E-state index < -0.39 is 0 Å². The molecular formula is C11H22BNO. The average Bonchev–Trinajstić information content (AvgIpc) is 2.19. The van der Waals surface area contributed by atoms with Crippen LogP contribution in [0.15, 0.2) is 0 Å². The summed E-state index contributed by atoms with van der Waals surface area (Å²) in [6, 6.07) is 0. The molecule has 14 heavy (non-hydrogen) atoms. The van der Waals surface area contributed by atoms with Gasteiger partial charge in [-0.3, -0.25) is 4.79 Å². The number of Topliss-reactive ketones (excluding diaryl/α,β-unsaturated/α-hetero) is 1. The smallest absolute Gasteiger partial charge is 0.142 e. The predicted molar refractivity (Wildman–Crippen MR) is 62.0 cm³/mol. The van der Waals surface area contributed by atoms with Crippen LogP contribution in [0.1, 0.15) is 33.1 Å². The van der Waals surface area contributed by atoms with Crippen LogP contribution >= 0.6 is 0 Å². The molecule has 0 aromatic rings. The molecule has 1 aliphatic rings. The highest BCUT2D eigenvalue weighted by molar-refractivity contribution is 6.38. The average molecular weight is 195 g/mol. The van der Waals surface area contributed by atoms with Gasteiger partial charge in [0.2, 0.25) is 0 Å². The van der Waals surface area contributed by atoms with Crippen molar-refractivity contribution in [1.82, 2.24) is 5.32 Å². The summed E-state index contributed by atoms with van der Waals surface area (Å²) in [5.74, 6) is 2.06. The summed E-state index contributed by atoms with van der Waals surface area (Å²) in [6.07, 6.45) is 4.71. The molecule has 1 saturated heterocycles. The van der Waals surface area contributed by atoms with Crippen molar-refractivity contribution in [2.24, 2.45) is 11.8 Å². The highest BCUT2D eigenvalue weighted by Gasteiger charge is 2.28. The topological polar surface area (TPSA) is 29.1 Å². The van der Waals surface area contributed by atoms with Crippen LogP contribution in [0.5, 0.6) is 0 Å². The van der Waals surface area contributed by atoms with Crippen LogP contribution in [0.4, 0.5) is 0 Å². The van der Waals surface area contributed by atoms with E-state index in [1.165, 1.54) is 26.4 Å². The maximum absolute atomic E-state index is 11.4. The number of carbonyl (C=O) groups is 1. The van der Waals surface area contributed by atoms with E-state index in [9.17, 15) is 4.79 Å². The number of hydrogen-bond acceptors (Lipinski definition) is 2. The molecule has 0 aliphatic carbocycles. The van der Waals surface area contributed by atoms with Gasteiger partial charge in [-0.05, 0) is 45.1 Å². The second kappa shape index (κ2) is 5.55. The molecule has 0 aromatic heterocycles. The Morgan fingerprint density at radius 1 is 1.57 bits per heavy atom. The van der Waals surface area contributed by atoms with E-state index >= 15 is 0 Å². The number of rotatable bonds is 4. The molecule has 0 radical (unpaired) electrons. The van der Waals surface area contributed by atoms with Crippen LogP contribution in [0.2, 0.25) is 6.32 Å². The third-order valence-electron chi connectivity index (χ3n) is 3.71. The Bertz CT molecular complexity index is 188. The van der Waals surface area contributed by atoms with Gasteiger partial charge >= 0.3 is 0 Å².